The summed E-state index contributed by atoms with van der Waals surface area (Å²) in [5.41, 5.74) is 2.12. The van der Waals surface area contributed by atoms with Crippen LogP contribution in [0.4, 0.5) is 0 Å². The normalized spacial score (nSPS) is 16.0. The number of rotatable bonds is 7. The summed E-state index contributed by atoms with van der Waals surface area (Å²) in [5, 5.41) is 18.3. The summed E-state index contributed by atoms with van der Waals surface area (Å²) in [6.45, 7) is 1.88. The summed E-state index contributed by atoms with van der Waals surface area (Å²) in [5.74, 6) is -2.27. The van der Waals surface area contributed by atoms with Crippen molar-refractivity contribution in [3.05, 3.63) is 59.2 Å². The Morgan fingerprint density at radius 3 is 2.26 bits per heavy atom. The number of carbonyl (C=O) groups is 4. The summed E-state index contributed by atoms with van der Waals surface area (Å²) in [7, 11) is 1.67. The number of unbranched alkanes of at least 4 members (excludes halogenated alkanes) is 1. The Kier molecular flexibility index (Phi) is 8.20. The van der Waals surface area contributed by atoms with Crippen LogP contribution in [-0.2, 0) is 16.0 Å². The van der Waals surface area contributed by atoms with E-state index >= 15 is 0 Å². The topological polar surface area (TPSA) is 142 Å². The Bertz CT molecular complexity index is 1020. The molecule has 1 unspecified atom stereocenters. The van der Waals surface area contributed by atoms with Crippen LogP contribution in [0.15, 0.2) is 42.5 Å². The third-order valence-corrected chi connectivity index (χ3v) is 5.50. The van der Waals surface area contributed by atoms with Crippen LogP contribution in [0.5, 0.6) is 11.5 Å². The van der Waals surface area contributed by atoms with Crippen molar-refractivity contribution in [2.75, 3.05) is 26.8 Å². The number of nitrogens with one attached hydrogen (secondary N) is 1. The standard InChI is InChI=1S/C22H24N2O4.C2H2O4/c1-27-19-9-6-10-20-18(19)13-15(14-28-20)23-11-4-5-12-24-21(25)16-7-2-3-8-17(16)22(24)26;3-1(4)2(5)6/h2-3,6-10,15,23H,4-5,11-14H2,1H3;(H,3,4)(H,5,6). The van der Waals surface area contributed by atoms with Gasteiger partial charge in [-0.25, -0.2) is 9.59 Å². The second-order valence-electron chi connectivity index (χ2n) is 7.73. The first-order valence-corrected chi connectivity index (χ1v) is 10.8. The number of benzene rings is 2. The van der Waals surface area contributed by atoms with Crippen LogP contribution in [-0.4, -0.2) is 71.7 Å². The van der Waals surface area contributed by atoms with Gasteiger partial charge in [-0.3, -0.25) is 14.5 Å². The van der Waals surface area contributed by atoms with Gasteiger partial charge in [0.1, 0.15) is 18.1 Å². The Labute approximate surface area is 196 Å². The van der Waals surface area contributed by atoms with E-state index in [9.17, 15) is 9.59 Å². The minimum Gasteiger partial charge on any atom is -0.496 e. The fourth-order valence-electron chi connectivity index (χ4n) is 3.84. The molecule has 0 saturated heterocycles. The second kappa shape index (κ2) is 11.3. The first-order valence-electron chi connectivity index (χ1n) is 10.8. The van der Waals surface area contributed by atoms with Crippen LogP contribution in [0.1, 0.15) is 39.1 Å². The molecule has 1 atom stereocenters. The van der Waals surface area contributed by atoms with E-state index in [0.29, 0.717) is 24.3 Å². The minimum atomic E-state index is -1.82. The van der Waals surface area contributed by atoms with E-state index in [1.54, 1.807) is 31.4 Å². The van der Waals surface area contributed by atoms with Gasteiger partial charge in [-0.15, -0.1) is 0 Å². The number of carbonyl (C=O) groups excluding carboxylic acids is 2. The lowest BCUT2D eigenvalue weighted by molar-refractivity contribution is -0.159. The van der Waals surface area contributed by atoms with E-state index in [2.05, 4.69) is 5.32 Å². The Balaban J connectivity index is 0.000000481. The highest BCUT2D eigenvalue weighted by Crippen LogP contribution is 2.32. The summed E-state index contributed by atoms with van der Waals surface area (Å²) in [6, 6.07) is 13.1. The van der Waals surface area contributed by atoms with Crippen molar-refractivity contribution in [2.45, 2.75) is 25.3 Å². The highest BCUT2D eigenvalue weighted by Gasteiger charge is 2.34. The molecule has 2 aromatic rings. The Morgan fingerprint density at radius 1 is 1.03 bits per heavy atom. The van der Waals surface area contributed by atoms with E-state index in [0.717, 1.165) is 42.9 Å². The SMILES string of the molecule is COc1cccc2c1CC(NCCCCN1C(=O)c3ccccc3C1=O)CO2.O=C(O)C(=O)O. The number of amides is 2. The van der Waals surface area contributed by atoms with Crippen molar-refractivity contribution < 1.29 is 38.9 Å². The van der Waals surface area contributed by atoms with Crippen LogP contribution in [0.25, 0.3) is 0 Å². The molecule has 2 amide bonds. The molecular formula is C24H26N2O8. The summed E-state index contributed by atoms with van der Waals surface area (Å²) in [4.78, 5) is 44.3. The molecule has 180 valence electrons. The number of methoxy groups -OCH3 is 1. The zero-order valence-corrected chi connectivity index (χ0v) is 18.7. The fraction of sp³-hybridized carbons (Fsp3) is 0.333. The van der Waals surface area contributed by atoms with E-state index < -0.39 is 11.9 Å². The number of nitrogens with zero attached hydrogens (tertiary/aromatic N) is 1. The van der Waals surface area contributed by atoms with Gasteiger partial charge in [0.2, 0.25) is 0 Å². The van der Waals surface area contributed by atoms with Crippen LogP contribution in [0.2, 0.25) is 0 Å². The quantitative estimate of drug-likeness (QED) is 0.314. The van der Waals surface area contributed by atoms with E-state index in [1.165, 1.54) is 4.90 Å². The van der Waals surface area contributed by atoms with Crippen molar-refractivity contribution in [3.8, 4) is 11.5 Å². The molecule has 3 N–H and O–H groups in total. The van der Waals surface area contributed by atoms with Crippen molar-refractivity contribution in [1.29, 1.82) is 0 Å². The maximum Gasteiger partial charge on any atom is 0.414 e. The lowest BCUT2D eigenvalue weighted by Crippen LogP contribution is -2.40. The third kappa shape index (κ3) is 5.70. The third-order valence-electron chi connectivity index (χ3n) is 5.50. The maximum atomic E-state index is 12.4. The molecule has 2 heterocycles. The molecule has 0 bridgehead atoms. The minimum absolute atomic E-state index is 0.182. The number of hydrogen-bond donors (Lipinski definition) is 3. The molecule has 2 aromatic carbocycles. The van der Waals surface area contributed by atoms with Crippen LogP contribution in [0, 0.1) is 0 Å². The van der Waals surface area contributed by atoms with E-state index in [-0.39, 0.29) is 17.9 Å². The average Bonchev–Trinajstić information content (AvgIpc) is 3.08. The van der Waals surface area contributed by atoms with Gasteiger partial charge in [0.25, 0.3) is 11.8 Å². The average molecular weight is 470 g/mol. The molecule has 0 radical (unpaired) electrons. The van der Waals surface area contributed by atoms with Gasteiger partial charge in [-0.2, -0.15) is 0 Å². The highest BCUT2D eigenvalue weighted by molar-refractivity contribution is 6.27. The molecule has 0 saturated carbocycles. The fourth-order valence-corrected chi connectivity index (χ4v) is 3.84. The van der Waals surface area contributed by atoms with Crippen molar-refractivity contribution >= 4 is 23.8 Å². The predicted molar refractivity (Wildman–Crippen MR) is 120 cm³/mol. The molecule has 34 heavy (non-hydrogen) atoms. The van der Waals surface area contributed by atoms with Gasteiger partial charge < -0.3 is 25.0 Å². The molecule has 0 aromatic heterocycles. The molecule has 2 aliphatic heterocycles. The molecular weight excluding hydrogens is 444 g/mol. The monoisotopic (exact) mass is 470 g/mol. The van der Waals surface area contributed by atoms with E-state index in [1.807, 2.05) is 18.2 Å². The lowest BCUT2D eigenvalue weighted by Gasteiger charge is -2.27. The van der Waals surface area contributed by atoms with Gasteiger partial charge in [0, 0.05) is 18.2 Å². The summed E-state index contributed by atoms with van der Waals surface area (Å²) < 4.78 is 11.3. The first kappa shape index (κ1) is 24.7. The summed E-state index contributed by atoms with van der Waals surface area (Å²) >= 11 is 0. The van der Waals surface area contributed by atoms with Crippen molar-refractivity contribution in [1.82, 2.24) is 10.2 Å². The second-order valence-corrected chi connectivity index (χ2v) is 7.73. The van der Waals surface area contributed by atoms with Gasteiger partial charge >= 0.3 is 11.9 Å². The smallest absolute Gasteiger partial charge is 0.414 e. The van der Waals surface area contributed by atoms with Crippen LogP contribution < -0.4 is 14.8 Å². The molecule has 0 fully saturated rings. The molecule has 2 aliphatic rings. The number of ether oxygens (including phenoxy) is 2. The number of aliphatic carboxylic acids is 2. The molecule has 10 heteroatoms. The number of hydrogen-bond acceptors (Lipinski definition) is 7. The Hall–Kier alpha value is -3.92. The molecule has 4 rings (SSSR count). The number of fused-ring (bicyclic) bond motifs is 2. The number of carboxylic acid groups (broad SMARTS) is 2. The van der Waals surface area contributed by atoms with Gasteiger partial charge in [0.05, 0.1) is 18.2 Å². The maximum absolute atomic E-state index is 12.4. The number of imide groups is 1. The van der Waals surface area contributed by atoms with Crippen molar-refractivity contribution in [2.24, 2.45) is 0 Å². The first-order chi connectivity index (χ1) is 16.3. The zero-order valence-electron chi connectivity index (χ0n) is 18.7. The van der Waals surface area contributed by atoms with Gasteiger partial charge in [-0.1, -0.05) is 18.2 Å². The van der Waals surface area contributed by atoms with Crippen LogP contribution >= 0.6 is 0 Å². The van der Waals surface area contributed by atoms with Gasteiger partial charge in [-0.05, 0) is 50.1 Å². The number of carboxylic acids is 2. The molecule has 0 spiro atoms. The highest BCUT2D eigenvalue weighted by atomic mass is 16.5. The zero-order chi connectivity index (χ0) is 24.7. The van der Waals surface area contributed by atoms with Crippen molar-refractivity contribution in [3.63, 3.8) is 0 Å². The molecule has 0 aliphatic carbocycles. The Morgan fingerprint density at radius 2 is 1.68 bits per heavy atom. The van der Waals surface area contributed by atoms with Gasteiger partial charge in [0.15, 0.2) is 0 Å². The van der Waals surface area contributed by atoms with E-state index in [4.69, 9.17) is 29.3 Å². The molecule has 10 nitrogen and oxygen atoms in total. The van der Waals surface area contributed by atoms with Crippen LogP contribution in [0.3, 0.4) is 0 Å². The summed E-state index contributed by atoms with van der Waals surface area (Å²) in [6.07, 6.45) is 2.51. The predicted octanol–water partition coefficient (Wildman–Crippen LogP) is 1.82. The largest absolute Gasteiger partial charge is 0.496 e. The lowest BCUT2D eigenvalue weighted by atomic mass is 10.0.